The lowest BCUT2D eigenvalue weighted by Gasteiger charge is -2.45. The number of hydrogen-bond acceptors (Lipinski definition) is 3. The monoisotopic (exact) mass is 280 g/mol. The molecule has 0 spiro atoms. The van der Waals surface area contributed by atoms with Gasteiger partial charge in [0.05, 0.1) is 0 Å². The molecule has 0 amide bonds. The van der Waals surface area contributed by atoms with Crippen LogP contribution >= 0.6 is 0 Å². The van der Waals surface area contributed by atoms with Gasteiger partial charge in [0.1, 0.15) is 5.54 Å². The maximum Gasteiger partial charge on any atom is 0.323 e. The lowest BCUT2D eigenvalue weighted by Crippen LogP contribution is -2.59. The van der Waals surface area contributed by atoms with Crippen molar-refractivity contribution < 1.29 is 9.90 Å². The van der Waals surface area contributed by atoms with E-state index < -0.39 is 11.5 Å². The van der Waals surface area contributed by atoms with Crippen LogP contribution in [0.15, 0.2) is 0 Å². The minimum atomic E-state index is -0.646. The van der Waals surface area contributed by atoms with Crippen molar-refractivity contribution in [2.75, 3.05) is 13.1 Å². The Morgan fingerprint density at radius 1 is 1.20 bits per heavy atom. The third kappa shape index (κ3) is 3.01. The molecule has 114 valence electrons. The highest BCUT2D eigenvalue weighted by atomic mass is 16.4. The van der Waals surface area contributed by atoms with Crippen molar-refractivity contribution in [2.24, 2.45) is 5.92 Å². The van der Waals surface area contributed by atoms with E-state index in [0.29, 0.717) is 12.1 Å². The van der Waals surface area contributed by atoms with Gasteiger partial charge in [-0.15, -0.1) is 0 Å². The average molecular weight is 280 g/mol. The van der Waals surface area contributed by atoms with Crippen LogP contribution in [0.25, 0.3) is 0 Å². The van der Waals surface area contributed by atoms with Gasteiger partial charge >= 0.3 is 5.97 Å². The summed E-state index contributed by atoms with van der Waals surface area (Å²) in [5.41, 5.74) is -0.646. The number of piperidine rings is 1. The Kier molecular flexibility index (Phi) is 4.04. The molecule has 2 N–H and O–H groups in total. The number of carboxylic acids is 1. The van der Waals surface area contributed by atoms with Crippen LogP contribution in [0.2, 0.25) is 0 Å². The molecule has 3 fully saturated rings. The number of likely N-dealkylation sites (tertiary alicyclic amines) is 1. The molecule has 2 saturated carbocycles. The summed E-state index contributed by atoms with van der Waals surface area (Å²) in [4.78, 5) is 14.4. The number of carbonyl (C=O) groups is 1. The van der Waals surface area contributed by atoms with E-state index in [0.717, 1.165) is 51.1 Å². The zero-order valence-corrected chi connectivity index (χ0v) is 12.6. The molecular weight excluding hydrogens is 252 g/mol. The van der Waals surface area contributed by atoms with E-state index >= 15 is 0 Å². The topological polar surface area (TPSA) is 52.6 Å². The molecule has 1 heterocycles. The van der Waals surface area contributed by atoms with Crippen molar-refractivity contribution in [3.05, 3.63) is 0 Å². The Hall–Kier alpha value is -0.610. The summed E-state index contributed by atoms with van der Waals surface area (Å²) in [6.07, 6.45) is 8.67. The molecule has 0 bridgehead atoms. The van der Waals surface area contributed by atoms with E-state index in [9.17, 15) is 9.90 Å². The van der Waals surface area contributed by atoms with Crippen molar-refractivity contribution in [2.45, 2.75) is 75.9 Å². The van der Waals surface area contributed by atoms with Gasteiger partial charge in [0.2, 0.25) is 0 Å². The standard InChI is InChI=1S/C16H28N2O2/c1-12-6-9-18(10-7-12)14-3-2-8-16(11-14,15(19)20)17-13-4-5-13/h12-14,17H,2-11H2,1H3,(H,19,20). The first-order chi connectivity index (χ1) is 9.59. The van der Waals surface area contributed by atoms with E-state index in [1.54, 1.807) is 0 Å². The van der Waals surface area contributed by atoms with Crippen molar-refractivity contribution in [3.8, 4) is 0 Å². The van der Waals surface area contributed by atoms with Gasteiger partial charge in [-0.05, 0) is 70.4 Å². The van der Waals surface area contributed by atoms with Gasteiger partial charge in [-0.3, -0.25) is 10.1 Å². The molecule has 2 atom stereocenters. The zero-order chi connectivity index (χ0) is 14.2. The van der Waals surface area contributed by atoms with Crippen LogP contribution in [0.1, 0.15) is 58.3 Å². The van der Waals surface area contributed by atoms with E-state index in [1.807, 2.05) is 0 Å². The molecule has 3 aliphatic rings. The normalized spacial score (nSPS) is 37.0. The van der Waals surface area contributed by atoms with Crippen LogP contribution in [0, 0.1) is 5.92 Å². The van der Waals surface area contributed by atoms with Crippen LogP contribution in [0.3, 0.4) is 0 Å². The minimum Gasteiger partial charge on any atom is -0.480 e. The fourth-order valence-corrected chi connectivity index (χ4v) is 3.96. The Morgan fingerprint density at radius 3 is 2.50 bits per heavy atom. The summed E-state index contributed by atoms with van der Waals surface area (Å²) < 4.78 is 0. The number of carboxylic acid groups (broad SMARTS) is 1. The number of nitrogens with zero attached hydrogens (tertiary/aromatic N) is 1. The van der Waals surface area contributed by atoms with Gasteiger partial charge < -0.3 is 10.0 Å². The first-order valence-corrected chi connectivity index (χ1v) is 8.34. The summed E-state index contributed by atoms with van der Waals surface area (Å²) in [6, 6.07) is 0.935. The highest BCUT2D eigenvalue weighted by Gasteiger charge is 2.47. The third-order valence-electron chi connectivity index (χ3n) is 5.53. The van der Waals surface area contributed by atoms with Crippen LogP contribution in [-0.2, 0) is 4.79 Å². The van der Waals surface area contributed by atoms with E-state index in [2.05, 4.69) is 17.1 Å². The predicted molar refractivity (Wildman–Crippen MR) is 78.8 cm³/mol. The fraction of sp³-hybridized carbons (Fsp3) is 0.938. The Bertz CT molecular complexity index is 361. The first kappa shape index (κ1) is 14.3. The number of nitrogens with one attached hydrogen (secondary N) is 1. The summed E-state index contributed by atoms with van der Waals surface area (Å²) >= 11 is 0. The molecule has 1 saturated heterocycles. The summed E-state index contributed by atoms with van der Waals surface area (Å²) in [6.45, 7) is 4.64. The van der Waals surface area contributed by atoms with Gasteiger partial charge in [-0.1, -0.05) is 6.92 Å². The highest BCUT2D eigenvalue weighted by molar-refractivity contribution is 5.79. The average Bonchev–Trinajstić information content (AvgIpc) is 3.23. The van der Waals surface area contributed by atoms with E-state index in [4.69, 9.17) is 0 Å². The van der Waals surface area contributed by atoms with Crippen molar-refractivity contribution in [1.29, 1.82) is 0 Å². The fourth-order valence-electron chi connectivity index (χ4n) is 3.96. The van der Waals surface area contributed by atoms with E-state index in [-0.39, 0.29) is 0 Å². The molecular formula is C16H28N2O2. The minimum absolute atomic E-state index is 0.464. The van der Waals surface area contributed by atoms with Crippen LogP contribution in [-0.4, -0.2) is 46.7 Å². The third-order valence-corrected chi connectivity index (χ3v) is 5.53. The van der Waals surface area contributed by atoms with Crippen molar-refractivity contribution >= 4 is 5.97 Å². The summed E-state index contributed by atoms with van der Waals surface area (Å²) in [7, 11) is 0. The van der Waals surface area contributed by atoms with Gasteiger partial charge in [0.15, 0.2) is 0 Å². The summed E-state index contributed by atoms with van der Waals surface area (Å²) in [5, 5.41) is 13.2. The second-order valence-electron chi connectivity index (χ2n) is 7.27. The van der Waals surface area contributed by atoms with E-state index in [1.165, 1.54) is 19.3 Å². The largest absolute Gasteiger partial charge is 0.480 e. The molecule has 1 aliphatic heterocycles. The summed E-state index contributed by atoms with van der Waals surface area (Å²) in [5.74, 6) is 0.211. The maximum absolute atomic E-state index is 11.8. The molecule has 0 aromatic rings. The Balaban J connectivity index is 1.65. The molecule has 0 aromatic heterocycles. The quantitative estimate of drug-likeness (QED) is 0.829. The Morgan fingerprint density at radius 2 is 1.90 bits per heavy atom. The van der Waals surface area contributed by atoms with Crippen LogP contribution in [0.4, 0.5) is 0 Å². The van der Waals surface area contributed by atoms with Gasteiger partial charge in [-0.2, -0.15) is 0 Å². The van der Waals surface area contributed by atoms with Crippen LogP contribution in [0.5, 0.6) is 0 Å². The Labute approximate surface area is 121 Å². The van der Waals surface area contributed by atoms with Gasteiger partial charge in [0.25, 0.3) is 0 Å². The van der Waals surface area contributed by atoms with Crippen molar-refractivity contribution in [1.82, 2.24) is 10.2 Å². The number of aliphatic carboxylic acids is 1. The smallest absolute Gasteiger partial charge is 0.323 e. The zero-order valence-electron chi connectivity index (χ0n) is 12.6. The van der Waals surface area contributed by atoms with Crippen molar-refractivity contribution in [3.63, 3.8) is 0 Å². The highest BCUT2D eigenvalue weighted by Crippen LogP contribution is 2.36. The number of hydrogen-bond donors (Lipinski definition) is 2. The lowest BCUT2D eigenvalue weighted by atomic mass is 9.77. The molecule has 0 radical (unpaired) electrons. The molecule has 4 nitrogen and oxygen atoms in total. The molecule has 20 heavy (non-hydrogen) atoms. The molecule has 0 aromatic carbocycles. The maximum atomic E-state index is 11.8. The second-order valence-corrected chi connectivity index (χ2v) is 7.27. The van der Waals surface area contributed by atoms with Gasteiger partial charge in [-0.25, -0.2) is 0 Å². The second kappa shape index (κ2) is 5.64. The van der Waals surface area contributed by atoms with Gasteiger partial charge in [0, 0.05) is 12.1 Å². The van der Waals surface area contributed by atoms with Crippen LogP contribution < -0.4 is 5.32 Å². The number of rotatable bonds is 4. The molecule has 4 heteroatoms. The molecule has 3 rings (SSSR count). The lowest BCUT2D eigenvalue weighted by molar-refractivity contribution is -0.147. The predicted octanol–water partition coefficient (Wildman–Crippen LogP) is 2.24. The first-order valence-electron chi connectivity index (χ1n) is 8.34. The SMILES string of the molecule is CC1CCN(C2CCCC(NC3CC3)(C(=O)O)C2)CC1. The molecule has 2 aliphatic carbocycles. The molecule has 2 unspecified atom stereocenters.